The minimum atomic E-state index is 0.484. The van der Waals surface area contributed by atoms with E-state index in [4.69, 9.17) is 10.5 Å². The van der Waals surface area contributed by atoms with Crippen molar-refractivity contribution in [2.75, 3.05) is 12.3 Å². The van der Waals surface area contributed by atoms with Gasteiger partial charge in [0.1, 0.15) is 0 Å². The van der Waals surface area contributed by atoms with Crippen molar-refractivity contribution in [3.05, 3.63) is 29.8 Å². The molecule has 2 nitrogen and oxygen atoms in total. The van der Waals surface area contributed by atoms with Crippen LogP contribution in [0, 0.1) is 5.92 Å². The largest absolute Gasteiger partial charge is 0.399 e. The van der Waals surface area contributed by atoms with Crippen LogP contribution in [0.2, 0.25) is 0 Å². The lowest BCUT2D eigenvalue weighted by Crippen LogP contribution is -2.22. The Hall–Kier alpha value is -1.02. The number of nitrogen functional groups attached to an aromatic ring is 1. The Balaban J connectivity index is 1.69. The molecule has 0 amide bonds. The maximum absolute atomic E-state index is 5.98. The van der Waals surface area contributed by atoms with Gasteiger partial charge in [-0.05, 0) is 49.7 Å². The molecule has 0 unspecified atom stereocenters. The molecular weight excluding hydrogens is 222 g/mol. The summed E-state index contributed by atoms with van der Waals surface area (Å²) in [5.74, 6) is 0.939. The number of para-hydroxylation sites is 1. The average molecular weight is 247 g/mol. The number of rotatable bonds is 5. The summed E-state index contributed by atoms with van der Waals surface area (Å²) in [7, 11) is 0. The van der Waals surface area contributed by atoms with Crippen molar-refractivity contribution >= 4 is 5.69 Å². The van der Waals surface area contributed by atoms with Gasteiger partial charge < -0.3 is 10.5 Å². The molecule has 2 heteroatoms. The minimum Gasteiger partial charge on any atom is -0.399 e. The second-order valence-electron chi connectivity index (χ2n) is 5.37. The maximum atomic E-state index is 5.98. The first kappa shape index (κ1) is 13.4. The van der Waals surface area contributed by atoms with Gasteiger partial charge in [0.2, 0.25) is 0 Å². The molecule has 2 rings (SSSR count). The predicted molar refractivity (Wildman–Crippen MR) is 76.5 cm³/mol. The van der Waals surface area contributed by atoms with Crippen molar-refractivity contribution in [2.45, 2.75) is 51.6 Å². The fourth-order valence-electron chi connectivity index (χ4n) is 2.80. The Morgan fingerprint density at radius 3 is 2.56 bits per heavy atom. The normalized spacial score (nSPS) is 24.1. The molecule has 1 aromatic carbocycles. The molecule has 100 valence electrons. The van der Waals surface area contributed by atoms with Gasteiger partial charge in [0.15, 0.2) is 0 Å². The van der Waals surface area contributed by atoms with Gasteiger partial charge in [-0.1, -0.05) is 31.5 Å². The van der Waals surface area contributed by atoms with E-state index in [2.05, 4.69) is 13.0 Å². The van der Waals surface area contributed by atoms with Crippen molar-refractivity contribution in [2.24, 2.45) is 5.92 Å². The molecule has 0 bridgehead atoms. The molecule has 18 heavy (non-hydrogen) atoms. The van der Waals surface area contributed by atoms with E-state index in [9.17, 15) is 0 Å². The number of nitrogens with two attached hydrogens (primary N) is 1. The van der Waals surface area contributed by atoms with Gasteiger partial charge >= 0.3 is 0 Å². The van der Waals surface area contributed by atoms with Gasteiger partial charge in [-0.15, -0.1) is 0 Å². The van der Waals surface area contributed by atoms with Crippen LogP contribution < -0.4 is 5.73 Å². The quantitative estimate of drug-likeness (QED) is 0.803. The van der Waals surface area contributed by atoms with Crippen LogP contribution in [0.1, 0.15) is 44.6 Å². The van der Waals surface area contributed by atoms with Crippen molar-refractivity contribution in [1.82, 2.24) is 0 Å². The van der Waals surface area contributed by atoms with E-state index in [0.717, 1.165) is 24.6 Å². The summed E-state index contributed by atoms with van der Waals surface area (Å²) in [5, 5.41) is 0. The third-order valence-electron chi connectivity index (χ3n) is 4.15. The number of benzene rings is 1. The van der Waals surface area contributed by atoms with E-state index in [1.807, 2.05) is 18.2 Å². The highest BCUT2D eigenvalue weighted by molar-refractivity contribution is 5.46. The van der Waals surface area contributed by atoms with E-state index < -0.39 is 0 Å². The van der Waals surface area contributed by atoms with Crippen LogP contribution in [0.3, 0.4) is 0 Å². The first-order valence-electron chi connectivity index (χ1n) is 7.24. The second-order valence-corrected chi connectivity index (χ2v) is 5.37. The monoisotopic (exact) mass is 247 g/mol. The molecule has 0 atom stereocenters. The molecule has 0 aliphatic heterocycles. The van der Waals surface area contributed by atoms with Crippen molar-refractivity contribution < 1.29 is 4.74 Å². The van der Waals surface area contributed by atoms with Crippen molar-refractivity contribution in [3.8, 4) is 0 Å². The van der Waals surface area contributed by atoms with E-state index in [1.165, 1.54) is 37.7 Å². The molecule has 1 aliphatic carbocycles. The highest BCUT2D eigenvalue weighted by Crippen LogP contribution is 2.28. The average Bonchev–Trinajstić information content (AvgIpc) is 2.42. The molecule has 2 N–H and O–H groups in total. The van der Waals surface area contributed by atoms with E-state index in [0.29, 0.717) is 6.10 Å². The van der Waals surface area contributed by atoms with Crippen LogP contribution in [0.25, 0.3) is 0 Å². The number of ether oxygens (including phenoxy) is 1. The summed E-state index contributed by atoms with van der Waals surface area (Å²) in [6.45, 7) is 3.10. The molecule has 1 fully saturated rings. The molecule has 1 aromatic rings. The molecular formula is C16H25NO. The Labute approximate surface area is 111 Å². The van der Waals surface area contributed by atoms with Crippen LogP contribution >= 0.6 is 0 Å². The summed E-state index contributed by atoms with van der Waals surface area (Å²) < 4.78 is 5.98. The molecule has 0 saturated heterocycles. The third kappa shape index (κ3) is 3.74. The first-order chi connectivity index (χ1) is 8.79. The topological polar surface area (TPSA) is 35.2 Å². The minimum absolute atomic E-state index is 0.484. The Morgan fingerprint density at radius 1 is 1.17 bits per heavy atom. The van der Waals surface area contributed by atoms with Gasteiger partial charge in [-0.3, -0.25) is 0 Å². The van der Waals surface area contributed by atoms with Gasteiger partial charge in [-0.2, -0.15) is 0 Å². The summed E-state index contributed by atoms with van der Waals surface area (Å²) in [5.41, 5.74) is 8.01. The zero-order chi connectivity index (χ0) is 12.8. The van der Waals surface area contributed by atoms with Crippen molar-refractivity contribution in [1.29, 1.82) is 0 Å². The van der Waals surface area contributed by atoms with E-state index in [-0.39, 0.29) is 0 Å². The van der Waals surface area contributed by atoms with E-state index in [1.54, 1.807) is 0 Å². The molecule has 0 radical (unpaired) electrons. The maximum Gasteiger partial charge on any atom is 0.0575 e. The second kappa shape index (κ2) is 6.79. The Morgan fingerprint density at radius 2 is 1.89 bits per heavy atom. The smallest absolute Gasteiger partial charge is 0.0575 e. The summed E-state index contributed by atoms with van der Waals surface area (Å²) in [4.78, 5) is 0. The first-order valence-corrected chi connectivity index (χ1v) is 7.24. The van der Waals surface area contributed by atoms with Gasteiger partial charge in [-0.25, -0.2) is 0 Å². The number of hydrogen-bond acceptors (Lipinski definition) is 2. The fourth-order valence-corrected chi connectivity index (χ4v) is 2.80. The molecule has 1 saturated carbocycles. The standard InChI is InChI=1S/C16H25NO/c1-2-13-7-9-15(10-8-13)18-12-11-14-5-3-4-6-16(14)17/h3-6,13,15H,2,7-12,17H2,1H3. The summed E-state index contributed by atoms with van der Waals surface area (Å²) >= 11 is 0. The zero-order valence-corrected chi connectivity index (χ0v) is 11.4. The SMILES string of the molecule is CCC1CCC(OCCc2ccccc2N)CC1. The van der Waals surface area contributed by atoms with Crippen LogP contribution in [0.4, 0.5) is 5.69 Å². The third-order valence-corrected chi connectivity index (χ3v) is 4.15. The van der Waals surface area contributed by atoms with E-state index >= 15 is 0 Å². The molecule has 0 heterocycles. The molecule has 1 aliphatic rings. The molecule has 0 spiro atoms. The highest BCUT2D eigenvalue weighted by Gasteiger charge is 2.20. The highest BCUT2D eigenvalue weighted by atomic mass is 16.5. The lowest BCUT2D eigenvalue weighted by atomic mass is 9.86. The van der Waals surface area contributed by atoms with Crippen molar-refractivity contribution in [3.63, 3.8) is 0 Å². The van der Waals surface area contributed by atoms with Gasteiger partial charge in [0, 0.05) is 5.69 Å². The zero-order valence-electron chi connectivity index (χ0n) is 11.4. The van der Waals surface area contributed by atoms with Crippen LogP contribution in [-0.2, 0) is 11.2 Å². The van der Waals surface area contributed by atoms with Crippen LogP contribution in [-0.4, -0.2) is 12.7 Å². The lowest BCUT2D eigenvalue weighted by Gasteiger charge is -2.27. The summed E-state index contributed by atoms with van der Waals surface area (Å²) in [6, 6.07) is 8.07. The van der Waals surface area contributed by atoms with Crippen LogP contribution in [0.15, 0.2) is 24.3 Å². The summed E-state index contributed by atoms with van der Waals surface area (Å²) in [6.07, 6.45) is 7.90. The lowest BCUT2D eigenvalue weighted by molar-refractivity contribution is 0.0195. The predicted octanol–water partition coefficient (Wildman–Crippen LogP) is 3.80. The Bertz CT molecular complexity index is 356. The fraction of sp³-hybridized carbons (Fsp3) is 0.625. The number of anilines is 1. The number of hydrogen-bond donors (Lipinski definition) is 1. The van der Waals surface area contributed by atoms with Gasteiger partial charge in [0.05, 0.1) is 12.7 Å². The Kier molecular flexibility index (Phi) is 5.06. The molecule has 0 aromatic heterocycles. The van der Waals surface area contributed by atoms with Gasteiger partial charge in [0.25, 0.3) is 0 Å². The van der Waals surface area contributed by atoms with Crippen LogP contribution in [0.5, 0.6) is 0 Å².